The molecule has 0 nitrogen and oxygen atoms in total. The first-order valence-electron chi connectivity index (χ1n) is 3.61. The zero-order valence-electron chi connectivity index (χ0n) is 6.02. The van der Waals surface area contributed by atoms with Crippen LogP contribution >= 0.6 is 15.9 Å². The molecule has 1 aliphatic rings. The highest BCUT2D eigenvalue weighted by Gasteiger charge is 2.22. The minimum Gasteiger partial charge on any atom is -0.0738 e. The summed E-state index contributed by atoms with van der Waals surface area (Å²) in [6, 6.07) is 0. The molecule has 0 aliphatic heterocycles. The van der Waals surface area contributed by atoms with Gasteiger partial charge in [-0.3, -0.25) is 0 Å². The Labute approximate surface area is 65.5 Å². The van der Waals surface area contributed by atoms with Gasteiger partial charge in [-0.05, 0) is 29.2 Å². The van der Waals surface area contributed by atoms with Crippen LogP contribution in [0.4, 0.5) is 0 Å². The maximum absolute atomic E-state index is 3.57. The van der Waals surface area contributed by atoms with Crippen molar-refractivity contribution in [2.24, 2.45) is 11.8 Å². The van der Waals surface area contributed by atoms with Crippen LogP contribution < -0.4 is 0 Å². The molecule has 0 amide bonds. The molecule has 0 spiro atoms. The van der Waals surface area contributed by atoms with Crippen LogP contribution in [-0.2, 0) is 0 Å². The smallest absolute Gasteiger partial charge is 0.00555 e. The van der Waals surface area contributed by atoms with Crippen molar-refractivity contribution in [3.05, 3.63) is 10.6 Å². The Bertz CT molecular complexity index is 127. The van der Waals surface area contributed by atoms with E-state index in [0.29, 0.717) is 0 Å². The third kappa shape index (κ3) is 1.37. The molecule has 2 unspecified atom stereocenters. The van der Waals surface area contributed by atoms with Gasteiger partial charge in [-0.25, -0.2) is 0 Å². The summed E-state index contributed by atoms with van der Waals surface area (Å²) in [5.41, 5.74) is 0. The van der Waals surface area contributed by atoms with E-state index in [4.69, 9.17) is 0 Å². The predicted molar refractivity (Wildman–Crippen MR) is 44.6 cm³/mol. The van der Waals surface area contributed by atoms with Gasteiger partial charge < -0.3 is 0 Å². The molecular formula is C8H13Br. The van der Waals surface area contributed by atoms with E-state index >= 15 is 0 Å². The molecule has 0 heterocycles. The van der Waals surface area contributed by atoms with Crippen molar-refractivity contribution in [2.75, 3.05) is 0 Å². The first kappa shape index (κ1) is 7.33. The first-order chi connectivity index (χ1) is 4.25. The van der Waals surface area contributed by atoms with Crippen molar-refractivity contribution in [3.8, 4) is 0 Å². The standard InChI is InChI=1S/C8H13Br/c1-3-7-6(2)4-5-8(7)9/h5-7H,3-4H2,1-2H3. The van der Waals surface area contributed by atoms with Crippen molar-refractivity contribution in [1.29, 1.82) is 0 Å². The van der Waals surface area contributed by atoms with Gasteiger partial charge >= 0.3 is 0 Å². The first-order valence-corrected chi connectivity index (χ1v) is 4.40. The Morgan fingerprint density at radius 1 is 1.78 bits per heavy atom. The number of hydrogen-bond donors (Lipinski definition) is 0. The molecule has 0 saturated heterocycles. The zero-order valence-corrected chi connectivity index (χ0v) is 7.61. The van der Waals surface area contributed by atoms with Gasteiger partial charge in [-0.1, -0.05) is 35.9 Å². The lowest BCUT2D eigenvalue weighted by Gasteiger charge is -2.13. The quantitative estimate of drug-likeness (QED) is 0.593. The van der Waals surface area contributed by atoms with E-state index in [1.165, 1.54) is 17.3 Å². The summed E-state index contributed by atoms with van der Waals surface area (Å²) in [7, 11) is 0. The summed E-state index contributed by atoms with van der Waals surface area (Å²) in [6.07, 6.45) is 4.84. The lowest BCUT2D eigenvalue weighted by atomic mass is 9.95. The van der Waals surface area contributed by atoms with Gasteiger partial charge in [0, 0.05) is 0 Å². The van der Waals surface area contributed by atoms with E-state index in [9.17, 15) is 0 Å². The Kier molecular flexibility index (Phi) is 2.34. The van der Waals surface area contributed by atoms with Crippen molar-refractivity contribution in [2.45, 2.75) is 26.7 Å². The van der Waals surface area contributed by atoms with Crippen LogP contribution in [-0.4, -0.2) is 0 Å². The number of rotatable bonds is 1. The number of hydrogen-bond acceptors (Lipinski definition) is 0. The zero-order chi connectivity index (χ0) is 6.85. The highest BCUT2D eigenvalue weighted by Crippen LogP contribution is 2.36. The van der Waals surface area contributed by atoms with E-state index in [2.05, 4.69) is 35.9 Å². The topological polar surface area (TPSA) is 0 Å². The van der Waals surface area contributed by atoms with Crippen LogP contribution in [0.1, 0.15) is 26.7 Å². The monoisotopic (exact) mass is 188 g/mol. The van der Waals surface area contributed by atoms with Gasteiger partial charge in [-0.15, -0.1) is 0 Å². The molecule has 1 rings (SSSR count). The Morgan fingerprint density at radius 2 is 2.44 bits per heavy atom. The van der Waals surface area contributed by atoms with E-state index in [0.717, 1.165) is 11.8 Å². The average molecular weight is 189 g/mol. The minimum atomic E-state index is 0.810. The molecular weight excluding hydrogens is 176 g/mol. The fraction of sp³-hybridized carbons (Fsp3) is 0.750. The van der Waals surface area contributed by atoms with Crippen molar-refractivity contribution < 1.29 is 0 Å². The van der Waals surface area contributed by atoms with E-state index in [1.54, 1.807) is 0 Å². The van der Waals surface area contributed by atoms with Crippen molar-refractivity contribution >= 4 is 15.9 Å². The third-order valence-electron chi connectivity index (χ3n) is 2.17. The molecule has 2 atom stereocenters. The van der Waals surface area contributed by atoms with Crippen LogP contribution in [0.3, 0.4) is 0 Å². The molecule has 0 N–H and O–H groups in total. The van der Waals surface area contributed by atoms with Crippen LogP contribution in [0.5, 0.6) is 0 Å². The Morgan fingerprint density at radius 3 is 2.67 bits per heavy atom. The average Bonchev–Trinajstić information content (AvgIpc) is 2.12. The fourth-order valence-corrected chi connectivity index (χ4v) is 2.45. The fourth-order valence-electron chi connectivity index (χ4n) is 1.48. The molecule has 0 aromatic carbocycles. The maximum atomic E-state index is 3.57. The summed E-state index contributed by atoms with van der Waals surface area (Å²) in [5.74, 6) is 1.68. The Balaban J connectivity index is 2.57. The largest absolute Gasteiger partial charge is 0.0738 e. The van der Waals surface area contributed by atoms with Crippen molar-refractivity contribution in [1.82, 2.24) is 0 Å². The van der Waals surface area contributed by atoms with Crippen LogP contribution in [0.2, 0.25) is 0 Å². The summed E-state index contributed by atoms with van der Waals surface area (Å²) in [5, 5.41) is 0. The van der Waals surface area contributed by atoms with Crippen LogP contribution in [0.25, 0.3) is 0 Å². The van der Waals surface area contributed by atoms with Gasteiger partial charge in [0.05, 0.1) is 0 Å². The van der Waals surface area contributed by atoms with Crippen LogP contribution in [0, 0.1) is 11.8 Å². The molecule has 1 aliphatic carbocycles. The van der Waals surface area contributed by atoms with E-state index < -0.39 is 0 Å². The molecule has 0 aromatic rings. The molecule has 0 fully saturated rings. The van der Waals surface area contributed by atoms with Gasteiger partial charge in [-0.2, -0.15) is 0 Å². The lowest BCUT2D eigenvalue weighted by Crippen LogP contribution is -2.03. The van der Waals surface area contributed by atoms with Crippen molar-refractivity contribution in [3.63, 3.8) is 0 Å². The summed E-state index contributed by atoms with van der Waals surface area (Å²) in [6.45, 7) is 4.57. The molecule has 0 saturated carbocycles. The molecule has 1 heteroatoms. The summed E-state index contributed by atoms with van der Waals surface area (Å²) < 4.78 is 1.43. The highest BCUT2D eigenvalue weighted by molar-refractivity contribution is 9.11. The SMILES string of the molecule is CCC1C(Br)=CCC1C. The normalized spacial score (nSPS) is 34.8. The van der Waals surface area contributed by atoms with Gasteiger partial charge in [0.25, 0.3) is 0 Å². The number of allylic oxidation sites excluding steroid dienone is 2. The molecule has 9 heavy (non-hydrogen) atoms. The minimum absolute atomic E-state index is 0.810. The van der Waals surface area contributed by atoms with Crippen LogP contribution in [0.15, 0.2) is 10.6 Å². The summed E-state index contributed by atoms with van der Waals surface area (Å²) >= 11 is 3.57. The Hall–Kier alpha value is 0.220. The second kappa shape index (κ2) is 2.87. The van der Waals surface area contributed by atoms with E-state index in [-0.39, 0.29) is 0 Å². The molecule has 52 valence electrons. The van der Waals surface area contributed by atoms with Gasteiger partial charge in [0.1, 0.15) is 0 Å². The summed E-state index contributed by atoms with van der Waals surface area (Å²) in [4.78, 5) is 0. The van der Waals surface area contributed by atoms with Gasteiger partial charge in [0.2, 0.25) is 0 Å². The van der Waals surface area contributed by atoms with E-state index in [1.807, 2.05) is 0 Å². The lowest BCUT2D eigenvalue weighted by molar-refractivity contribution is 0.447. The number of halogens is 1. The molecule has 0 radical (unpaired) electrons. The third-order valence-corrected chi connectivity index (χ3v) is 3.08. The van der Waals surface area contributed by atoms with Gasteiger partial charge in [0.15, 0.2) is 0 Å². The molecule has 0 aromatic heterocycles. The molecule has 0 bridgehead atoms. The highest BCUT2D eigenvalue weighted by atomic mass is 79.9. The maximum Gasteiger partial charge on any atom is -0.00555 e. The second-order valence-electron chi connectivity index (χ2n) is 2.82. The predicted octanol–water partition coefficient (Wildman–Crippen LogP) is 3.33. The second-order valence-corrected chi connectivity index (χ2v) is 3.73.